The first-order valence-corrected chi connectivity index (χ1v) is 8.28. The quantitative estimate of drug-likeness (QED) is 0.529. The summed E-state index contributed by atoms with van der Waals surface area (Å²) in [6.07, 6.45) is 1.56. The molecule has 0 aliphatic rings. The van der Waals surface area contributed by atoms with E-state index >= 15 is 0 Å². The molecule has 1 N–H and O–H groups in total. The van der Waals surface area contributed by atoms with Crippen LogP contribution < -0.4 is 14.8 Å². The summed E-state index contributed by atoms with van der Waals surface area (Å²) in [5, 5.41) is 3.50. The van der Waals surface area contributed by atoms with Crippen molar-refractivity contribution < 1.29 is 19.0 Å². The molecule has 0 atom stereocenters. The van der Waals surface area contributed by atoms with Gasteiger partial charge in [0, 0.05) is 19.4 Å². The predicted molar refractivity (Wildman–Crippen MR) is 97.2 cm³/mol. The van der Waals surface area contributed by atoms with Gasteiger partial charge >= 0.3 is 0 Å². The van der Waals surface area contributed by atoms with E-state index in [0.717, 1.165) is 0 Å². The number of hydrogen-bond donors (Lipinski definition) is 1. The highest BCUT2D eigenvalue weighted by Crippen LogP contribution is 2.33. The maximum absolute atomic E-state index is 12.1. The number of carbonyl (C=O) groups is 1. The second kappa shape index (κ2) is 9.68. The van der Waals surface area contributed by atoms with Crippen LogP contribution >= 0.6 is 34.8 Å². The van der Waals surface area contributed by atoms with Crippen LogP contribution in [-0.4, -0.2) is 37.8 Å². The zero-order chi connectivity index (χ0) is 18.2. The van der Waals surface area contributed by atoms with Gasteiger partial charge in [-0.2, -0.15) is 0 Å². The zero-order valence-electron chi connectivity index (χ0n) is 13.2. The van der Waals surface area contributed by atoms with Crippen molar-refractivity contribution in [3.63, 3.8) is 0 Å². The molecule has 134 valence electrons. The lowest BCUT2D eigenvalue weighted by Crippen LogP contribution is -2.21. The van der Waals surface area contributed by atoms with Gasteiger partial charge in [0.25, 0.3) is 5.91 Å². The Labute approximate surface area is 159 Å². The fourth-order valence-corrected chi connectivity index (χ4v) is 2.36. The molecule has 2 rings (SSSR count). The van der Waals surface area contributed by atoms with E-state index in [2.05, 4.69) is 10.3 Å². The van der Waals surface area contributed by atoms with E-state index < -0.39 is 5.91 Å². The van der Waals surface area contributed by atoms with Crippen LogP contribution in [0, 0.1) is 0 Å². The normalized spacial score (nSPS) is 10.4. The molecule has 0 spiro atoms. The summed E-state index contributed by atoms with van der Waals surface area (Å²) in [6.45, 7) is 0.443. The van der Waals surface area contributed by atoms with E-state index in [9.17, 15) is 4.79 Å². The van der Waals surface area contributed by atoms with Crippen LogP contribution in [0.5, 0.6) is 11.6 Å². The van der Waals surface area contributed by atoms with Crippen molar-refractivity contribution in [1.29, 1.82) is 0 Å². The van der Waals surface area contributed by atoms with E-state index in [1.807, 2.05) is 0 Å². The maximum atomic E-state index is 12.1. The SMILES string of the molecule is COCCOc1ncccc1NC(=O)COc1cc(Cl)c(Cl)cc1Cl. The van der Waals surface area contributed by atoms with Crippen molar-refractivity contribution >= 4 is 46.4 Å². The summed E-state index contributed by atoms with van der Waals surface area (Å²) in [5.74, 6) is 0.140. The highest BCUT2D eigenvalue weighted by atomic mass is 35.5. The monoisotopic (exact) mass is 404 g/mol. The van der Waals surface area contributed by atoms with Crippen LogP contribution in [0.2, 0.25) is 15.1 Å². The lowest BCUT2D eigenvalue weighted by Gasteiger charge is -2.12. The Morgan fingerprint density at radius 2 is 1.88 bits per heavy atom. The Bertz CT molecular complexity index is 743. The molecular formula is C16H15Cl3N2O4. The number of rotatable bonds is 8. The highest BCUT2D eigenvalue weighted by molar-refractivity contribution is 6.43. The van der Waals surface area contributed by atoms with Gasteiger partial charge in [-0.25, -0.2) is 4.98 Å². The van der Waals surface area contributed by atoms with Crippen molar-refractivity contribution in [1.82, 2.24) is 4.98 Å². The van der Waals surface area contributed by atoms with Crippen molar-refractivity contribution in [2.45, 2.75) is 0 Å². The molecular weight excluding hydrogens is 391 g/mol. The molecule has 2 aromatic rings. The summed E-state index contributed by atoms with van der Waals surface area (Å²) in [4.78, 5) is 16.2. The second-order valence-electron chi connectivity index (χ2n) is 4.73. The van der Waals surface area contributed by atoms with Gasteiger partial charge < -0.3 is 19.5 Å². The van der Waals surface area contributed by atoms with Gasteiger partial charge in [0.1, 0.15) is 18.0 Å². The lowest BCUT2D eigenvalue weighted by molar-refractivity contribution is -0.118. The summed E-state index contributed by atoms with van der Waals surface area (Å²) >= 11 is 17.8. The summed E-state index contributed by atoms with van der Waals surface area (Å²) in [6, 6.07) is 6.24. The number of halogens is 3. The number of nitrogens with zero attached hydrogens (tertiary/aromatic N) is 1. The first-order chi connectivity index (χ1) is 12.0. The minimum atomic E-state index is -0.410. The molecule has 9 heteroatoms. The fraction of sp³-hybridized carbons (Fsp3) is 0.250. The third-order valence-corrected chi connectivity index (χ3v) is 3.92. The fourth-order valence-electron chi connectivity index (χ4n) is 1.77. The standard InChI is InChI=1S/C16H15Cl3N2O4/c1-23-5-6-24-16-13(3-2-4-20-16)21-15(22)9-25-14-8-11(18)10(17)7-12(14)19/h2-4,7-8H,5-6,9H2,1H3,(H,21,22). The third kappa shape index (κ3) is 5.93. The molecule has 0 saturated carbocycles. The number of ether oxygens (including phenoxy) is 3. The summed E-state index contributed by atoms with van der Waals surface area (Å²) in [5.41, 5.74) is 0.424. The number of pyridine rings is 1. The number of amides is 1. The molecule has 1 heterocycles. The number of hydrogen-bond acceptors (Lipinski definition) is 5. The summed E-state index contributed by atoms with van der Waals surface area (Å²) in [7, 11) is 1.57. The predicted octanol–water partition coefficient (Wildman–Crippen LogP) is 4.08. The van der Waals surface area contributed by atoms with Crippen LogP contribution in [0.1, 0.15) is 0 Å². The Kier molecular flexibility index (Phi) is 7.58. The Morgan fingerprint density at radius 3 is 2.64 bits per heavy atom. The van der Waals surface area contributed by atoms with Crippen LogP contribution in [-0.2, 0) is 9.53 Å². The van der Waals surface area contributed by atoms with Crippen LogP contribution in [0.15, 0.2) is 30.5 Å². The van der Waals surface area contributed by atoms with Crippen molar-refractivity contribution in [3.05, 3.63) is 45.5 Å². The zero-order valence-corrected chi connectivity index (χ0v) is 15.5. The Balaban J connectivity index is 1.96. The van der Waals surface area contributed by atoms with Crippen LogP contribution in [0.4, 0.5) is 5.69 Å². The first kappa shape index (κ1) is 19.6. The highest BCUT2D eigenvalue weighted by Gasteiger charge is 2.12. The molecule has 0 saturated heterocycles. The molecule has 0 bridgehead atoms. The summed E-state index contributed by atoms with van der Waals surface area (Å²) < 4.78 is 15.7. The topological polar surface area (TPSA) is 69.7 Å². The first-order valence-electron chi connectivity index (χ1n) is 7.15. The minimum absolute atomic E-state index is 0.257. The number of anilines is 1. The average molecular weight is 406 g/mol. The van der Waals surface area contributed by atoms with Gasteiger partial charge in [-0.15, -0.1) is 0 Å². The maximum Gasteiger partial charge on any atom is 0.262 e. The van der Waals surface area contributed by atoms with Gasteiger partial charge in [0.2, 0.25) is 5.88 Å². The van der Waals surface area contributed by atoms with Crippen molar-refractivity contribution in [2.24, 2.45) is 0 Å². The number of aromatic nitrogens is 1. The van der Waals surface area contributed by atoms with E-state index in [1.165, 1.54) is 12.1 Å². The van der Waals surface area contributed by atoms with Gasteiger partial charge in [-0.1, -0.05) is 34.8 Å². The number of nitrogens with one attached hydrogen (secondary N) is 1. The Morgan fingerprint density at radius 1 is 1.12 bits per heavy atom. The largest absolute Gasteiger partial charge is 0.482 e. The van der Waals surface area contributed by atoms with E-state index in [1.54, 1.807) is 25.4 Å². The number of benzene rings is 1. The molecule has 0 fully saturated rings. The van der Waals surface area contributed by atoms with Gasteiger partial charge in [-0.05, 0) is 18.2 Å². The molecule has 1 aromatic carbocycles. The molecule has 25 heavy (non-hydrogen) atoms. The van der Waals surface area contributed by atoms with Gasteiger partial charge in [0.15, 0.2) is 6.61 Å². The van der Waals surface area contributed by atoms with Crippen molar-refractivity contribution in [2.75, 3.05) is 32.2 Å². The number of methoxy groups -OCH3 is 1. The lowest BCUT2D eigenvalue weighted by atomic mass is 10.3. The van der Waals surface area contributed by atoms with Crippen LogP contribution in [0.3, 0.4) is 0 Å². The smallest absolute Gasteiger partial charge is 0.262 e. The van der Waals surface area contributed by atoms with Gasteiger partial charge in [-0.3, -0.25) is 4.79 Å². The van der Waals surface area contributed by atoms with Crippen LogP contribution in [0.25, 0.3) is 0 Å². The molecule has 0 aliphatic carbocycles. The molecule has 6 nitrogen and oxygen atoms in total. The minimum Gasteiger partial charge on any atom is -0.482 e. The van der Waals surface area contributed by atoms with E-state index in [-0.39, 0.29) is 22.4 Å². The third-order valence-electron chi connectivity index (χ3n) is 2.91. The van der Waals surface area contributed by atoms with E-state index in [4.69, 9.17) is 49.0 Å². The molecule has 0 unspecified atom stereocenters. The Hall–Kier alpha value is -1.73. The van der Waals surface area contributed by atoms with E-state index in [0.29, 0.717) is 29.8 Å². The number of carbonyl (C=O) groups excluding carboxylic acids is 1. The molecule has 0 aliphatic heterocycles. The molecule has 1 amide bonds. The average Bonchev–Trinajstić information content (AvgIpc) is 2.58. The van der Waals surface area contributed by atoms with Gasteiger partial charge in [0.05, 0.1) is 21.7 Å². The molecule has 0 radical (unpaired) electrons. The second-order valence-corrected chi connectivity index (χ2v) is 5.95. The van der Waals surface area contributed by atoms with Crippen molar-refractivity contribution in [3.8, 4) is 11.6 Å². The molecule has 1 aromatic heterocycles.